The molecule has 0 bridgehead atoms. The molecule has 1 saturated carbocycles. The Labute approximate surface area is 139 Å². The van der Waals surface area contributed by atoms with E-state index in [1.54, 1.807) is 18.3 Å². The van der Waals surface area contributed by atoms with Crippen LogP contribution in [0.15, 0.2) is 35.0 Å². The molecule has 1 fully saturated rings. The monoisotopic (exact) mass is 335 g/mol. The molecule has 2 aromatic heterocycles. The van der Waals surface area contributed by atoms with Crippen molar-refractivity contribution in [1.29, 1.82) is 0 Å². The first-order valence-corrected chi connectivity index (χ1v) is 9.39. The summed E-state index contributed by atoms with van der Waals surface area (Å²) < 4.78 is 0. The van der Waals surface area contributed by atoms with Crippen molar-refractivity contribution in [2.45, 2.75) is 43.6 Å². The predicted molar refractivity (Wildman–Crippen MR) is 91.4 cm³/mol. The summed E-state index contributed by atoms with van der Waals surface area (Å²) in [5.74, 6) is 0.0595. The number of carbonyl (C=O) groups is 1. The van der Waals surface area contributed by atoms with Crippen LogP contribution in [0.3, 0.4) is 0 Å². The van der Waals surface area contributed by atoms with Gasteiger partial charge in [0.25, 0.3) is 0 Å². The Morgan fingerprint density at radius 2 is 1.95 bits per heavy atom. The fourth-order valence-electron chi connectivity index (χ4n) is 3.21. The highest BCUT2D eigenvalue weighted by atomic mass is 32.1. The van der Waals surface area contributed by atoms with Gasteiger partial charge < -0.3 is 10.4 Å². The maximum Gasteiger partial charge on any atom is 0.231 e. The minimum atomic E-state index is -1.01. The summed E-state index contributed by atoms with van der Waals surface area (Å²) in [6.45, 7) is 2.01. The summed E-state index contributed by atoms with van der Waals surface area (Å²) in [6.07, 6.45) is 3.99. The van der Waals surface area contributed by atoms with Gasteiger partial charge in [-0.1, -0.05) is 25.0 Å². The van der Waals surface area contributed by atoms with Gasteiger partial charge in [0.1, 0.15) is 5.60 Å². The van der Waals surface area contributed by atoms with Gasteiger partial charge in [0, 0.05) is 9.75 Å². The number of nitrogens with one attached hydrogen (secondary N) is 1. The molecule has 3 nitrogen and oxygen atoms in total. The molecule has 1 amide bonds. The lowest BCUT2D eigenvalue weighted by Crippen LogP contribution is -2.46. The number of aliphatic hydroxyl groups is 1. The van der Waals surface area contributed by atoms with Crippen LogP contribution in [0.5, 0.6) is 0 Å². The average Bonchev–Trinajstić information content (AvgIpc) is 3.27. The molecule has 0 aliphatic heterocycles. The summed E-state index contributed by atoms with van der Waals surface area (Å²) in [5, 5.41) is 17.6. The van der Waals surface area contributed by atoms with Crippen molar-refractivity contribution in [3.05, 3.63) is 44.8 Å². The van der Waals surface area contributed by atoms with Gasteiger partial charge >= 0.3 is 0 Å². The number of hydrogen-bond donors (Lipinski definition) is 2. The summed E-state index contributed by atoms with van der Waals surface area (Å²) in [5.41, 5.74) is -1.40. The Hall–Kier alpha value is -1.17. The zero-order chi connectivity index (χ0) is 15.6. The molecule has 0 unspecified atom stereocenters. The SMILES string of the molecule is C[C@](O)(CNC(=O)C1(c2cccs2)CCCC1)c1cccs1. The zero-order valence-electron chi connectivity index (χ0n) is 12.7. The molecule has 22 heavy (non-hydrogen) atoms. The van der Waals surface area contributed by atoms with Gasteiger partial charge in [-0.25, -0.2) is 0 Å². The van der Waals surface area contributed by atoms with E-state index in [0.29, 0.717) is 0 Å². The van der Waals surface area contributed by atoms with E-state index in [9.17, 15) is 9.90 Å². The number of rotatable bonds is 5. The van der Waals surface area contributed by atoms with E-state index >= 15 is 0 Å². The van der Waals surface area contributed by atoms with Crippen molar-refractivity contribution < 1.29 is 9.90 Å². The maximum atomic E-state index is 12.9. The molecule has 0 spiro atoms. The fraction of sp³-hybridized carbons (Fsp3) is 0.471. The highest BCUT2D eigenvalue weighted by molar-refractivity contribution is 7.10. The Morgan fingerprint density at radius 3 is 2.55 bits per heavy atom. The second-order valence-electron chi connectivity index (χ2n) is 6.20. The molecule has 3 rings (SSSR count). The quantitative estimate of drug-likeness (QED) is 0.876. The third-order valence-corrected chi connectivity index (χ3v) is 6.73. The van der Waals surface area contributed by atoms with Crippen molar-refractivity contribution in [2.75, 3.05) is 6.54 Å². The van der Waals surface area contributed by atoms with Gasteiger partial charge in [-0.15, -0.1) is 22.7 Å². The number of amides is 1. The van der Waals surface area contributed by atoms with Crippen LogP contribution in [0.1, 0.15) is 42.4 Å². The summed E-state index contributed by atoms with van der Waals surface area (Å²) in [6, 6.07) is 7.89. The van der Waals surface area contributed by atoms with Crippen molar-refractivity contribution >= 4 is 28.6 Å². The third-order valence-electron chi connectivity index (χ3n) is 4.53. The smallest absolute Gasteiger partial charge is 0.231 e. The van der Waals surface area contributed by atoms with Crippen molar-refractivity contribution in [3.63, 3.8) is 0 Å². The van der Waals surface area contributed by atoms with Crippen molar-refractivity contribution in [3.8, 4) is 0 Å². The van der Waals surface area contributed by atoms with Gasteiger partial charge in [0.05, 0.1) is 12.0 Å². The molecule has 2 N–H and O–H groups in total. The van der Waals surface area contributed by atoms with E-state index in [0.717, 1.165) is 35.4 Å². The van der Waals surface area contributed by atoms with E-state index in [1.165, 1.54) is 11.3 Å². The number of hydrogen-bond acceptors (Lipinski definition) is 4. The zero-order valence-corrected chi connectivity index (χ0v) is 14.3. The van der Waals surface area contributed by atoms with Crippen LogP contribution < -0.4 is 5.32 Å². The van der Waals surface area contributed by atoms with Crippen LogP contribution in [-0.2, 0) is 15.8 Å². The highest BCUT2D eigenvalue weighted by Crippen LogP contribution is 2.43. The first-order chi connectivity index (χ1) is 10.5. The summed E-state index contributed by atoms with van der Waals surface area (Å²) in [4.78, 5) is 14.9. The molecule has 1 aliphatic rings. The molecular weight excluding hydrogens is 314 g/mol. The summed E-state index contributed by atoms with van der Waals surface area (Å²) in [7, 11) is 0. The van der Waals surface area contributed by atoms with Crippen molar-refractivity contribution in [1.82, 2.24) is 5.32 Å². The maximum absolute atomic E-state index is 12.9. The summed E-state index contributed by atoms with van der Waals surface area (Å²) >= 11 is 3.17. The van der Waals surface area contributed by atoms with E-state index in [-0.39, 0.29) is 17.9 Å². The predicted octanol–water partition coefficient (Wildman–Crippen LogP) is 3.65. The average molecular weight is 335 g/mol. The lowest BCUT2D eigenvalue weighted by atomic mass is 9.83. The second-order valence-corrected chi connectivity index (χ2v) is 8.10. The lowest BCUT2D eigenvalue weighted by Gasteiger charge is -2.29. The largest absolute Gasteiger partial charge is 0.383 e. The van der Waals surface area contributed by atoms with Crippen LogP contribution in [0, 0.1) is 0 Å². The standard InChI is InChI=1S/C17H21NO2S2/c1-16(20,13-6-4-10-21-13)12-18-15(19)17(8-2-3-9-17)14-7-5-11-22-14/h4-7,10-11,20H,2-3,8-9,12H2,1H3,(H,18,19)/t16-/m0/s1. The van der Waals surface area contributed by atoms with Gasteiger partial charge in [-0.05, 0) is 42.7 Å². The molecule has 118 valence electrons. The van der Waals surface area contributed by atoms with E-state index in [4.69, 9.17) is 0 Å². The van der Waals surface area contributed by atoms with Crippen molar-refractivity contribution in [2.24, 2.45) is 0 Å². The Balaban J connectivity index is 1.73. The van der Waals surface area contributed by atoms with E-state index in [1.807, 2.05) is 29.0 Å². The molecule has 0 aromatic carbocycles. The van der Waals surface area contributed by atoms with E-state index in [2.05, 4.69) is 11.4 Å². The van der Waals surface area contributed by atoms with Gasteiger partial charge in [-0.2, -0.15) is 0 Å². The Morgan fingerprint density at radius 1 is 1.27 bits per heavy atom. The third kappa shape index (κ3) is 2.85. The molecule has 1 aliphatic carbocycles. The molecule has 2 heterocycles. The normalized spacial score (nSPS) is 19.7. The van der Waals surface area contributed by atoms with Crippen LogP contribution in [-0.4, -0.2) is 17.6 Å². The highest BCUT2D eigenvalue weighted by Gasteiger charge is 2.44. The van der Waals surface area contributed by atoms with E-state index < -0.39 is 5.60 Å². The minimum Gasteiger partial charge on any atom is -0.383 e. The molecule has 5 heteroatoms. The number of thiophene rings is 2. The molecule has 2 aromatic rings. The van der Waals surface area contributed by atoms with Crippen LogP contribution in [0.4, 0.5) is 0 Å². The fourth-order valence-corrected chi connectivity index (χ4v) is 4.98. The second kappa shape index (κ2) is 6.14. The van der Waals surface area contributed by atoms with Gasteiger partial charge in [0.15, 0.2) is 0 Å². The van der Waals surface area contributed by atoms with Crippen LogP contribution in [0.25, 0.3) is 0 Å². The topological polar surface area (TPSA) is 49.3 Å². The first-order valence-electron chi connectivity index (χ1n) is 7.63. The first kappa shape index (κ1) is 15.7. The van der Waals surface area contributed by atoms with Crippen LogP contribution >= 0.6 is 22.7 Å². The molecule has 0 radical (unpaired) electrons. The van der Waals surface area contributed by atoms with Crippen LogP contribution in [0.2, 0.25) is 0 Å². The minimum absolute atomic E-state index is 0.0595. The lowest BCUT2D eigenvalue weighted by molar-refractivity contribution is -0.127. The molecule has 1 atom stereocenters. The Kier molecular flexibility index (Phi) is 4.39. The van der Waals surface area contributed by atoms with Gasteiger partial charge in [-0.3, -0.25) is 4.79 Å². The van der Waals surface area contributed by atoms with Gasteiger partial charge in [0.2, 0.25) is 5.91 Å². The molecule has 0 saturated heterocycles. The Bertz CT molecular complexity index is 611. The molecular formula is C17H21NO2S2. The number of carbonyl (C=O) groups excluding carboxylic acids is 1.